The third-order valence-corrected chi connectivity index (χ3v) is 3.52. The van der Waals surface area contributed by atoms with Crippen LogP contribution in [0.3, 0.4) is 0 Å². The molecule has 2 heterocycles. The second-order valence-electron chi connectivity index (χ2n) is 5.66. The van der Waals surface area contributed by atoms with Gasteiger partial charge in [-0.05, 0) is 0 Å². The van der Waals surface area contributed by atoms with E-state index in [0.29, 0.717) is 10.8 Å². The fourth-order valence-electron chi connectivity index (χ4n) is 2.61. The second-order valence-corrected chi connectivity index (χ2v) is 5.66. The number of carbonyl (C=O) groups excluding carboxylic acids is 3. The van der Waals surface area contributed by atoms with Gasteiger partial charge in [0.1, 0.15) is 0 Å². The van der Waals surface area contributed by atoms with Gasteiger partial charge in [-0.2, -0.15) is 4.39 Å². The van der Waals surface area contributed by atoms with Gasteiger partial charge in [-0.3, -0.25) is 28.7 Å². The first-order valence-electron chi connectivity index (χ1n) is 7.74. The number of aromatic nitrogens is 2. The number of hydrogen-bond donors (Lipinski definition) is 1. The zero-order valence-corrected chi connectivity index (χ0v) is 14.6. The molecule has 4 atom stereocenters. The summed E-state index contributed by atoms with van der Waals surface area (Å²) in [6.45, 7) is 2.88. The summed E-state index contributed by atoms with van der Waals surface area (Å²) < 4.78 is 34.9. The minimum absolute atomic E-state index is 0.354. The van der Waals surface area contributed by atoms with Gasteiger partial charge in [0.05, 0.1) is 12.8 Å². The number of esters is 3. The Hall–Kier alpha value is -3.02. The minimum atomic E-state index is -1.47. The molecule has 1 aliphatic heterocycles. The molecule has 0 spiro atoms. The minimum Gasteiger partial charge on any atom is -0.456 e. The van der Waals surface area contributed by atoms with Gasteiger partial charge < -0.3 is 18.9 Å². The van der Waals surface area contributed by atoms with Gasteiger partial charge in [0, 0.05) is 20.8 Å². The SMILES string of the molecule is CC(=O)O[C@@H]1[C@H](OC(C)=O)COC(n2cc(F)c(=O)[nH]c2=O)[C@@H]1OC(C)=O. The average molecular weight is 388 g/mol. The highest BCUT2D eigenvalue weighted by Crippen LogP contribution is 2.29. The van der Waals surface area contributed by atoms with E-state index in [-0.39, 0.29) is 6.61 Å². The summed E-state index contributed by atoms with van der Waals surface area (Å²) in [4.78, 5) is 59.3. The van der Waals surface area contributed by atoms with Crippen molar-refractivity contribution in [2.45, 2.75) is 45.3 Å². The first kappa shape index (κ1) is 20.3. The third kappa shape index (κ3) is 4.78. The van der Waals surface area contributed by atoms with Crippen LogP contribution >= 0.6 is 0 Å². The lowest BCUT2D eigenvalue weighted by Crippen LogP contribution is -2.57. The maximum atomic E-state index is 13.6. The topological polar surface area (TPSA) is 143 Å². The molecule has 2 rings (SSSR count). The van der Waals surface area contributed by atoms with E-state index in [4.69, 9.17) is 18.9 Å². The summed E-state index contributed by atoms with van der Waals surface area (Å²) in [7, 11) is 0. The molecular weight excluding hydrogens is 371 g/mol. The Morgan fingerprint density at radius 3 is 2.19 bits per heavy atom. The second kappa shape index (κ2) is 8.12. The Bertz CT molecular complexity index is 862. The van der Waals surface area contributed by atoms with Crippen molar-refractivity contribution in [3.63, 3.8) is 0 Å². The van der Waals surface area contributed by atoms with Crippen molar-refractivity contribution in [3.8, 4) is 0 Å². The molecule has 27 heavy (non-hydrogen) atoms. The summed E-state index contributed by atoms with van der Waals surface area (Å²) in [5, 5.41) is 0. The summed E-state index contributed by atoms with van der Waals surface area (Å²) in [6.07, 6.45) is -4.83. The van der Waals surface area contributed by atoms with Crippen molar-refractivity contribution in [3.05, 3.63) is 32.9 Å². The van der Waals surface area contributed by atoms with E-state index in [1.165, 1.54) is 0 Å². The highest BCUT2D eigenvalue weighted by molar-refractivity contribution is 5.68. The van der Waals surface area contributed by atoms with Crippen LogP contribution in [0.15, 0.2) is 15.8 Å². The number of carbonyl (C=O) groups is 3. The Balaban J connectivity index is 2.51. The highest BCUT2D eigenvalue weighted by Gasteiger charge is 2.48. The molecule has 0 radical (unpaired) electrons. The molecule has 1 aromatic rings. The van der Waals surface area contributed by atoms with E-state index in [9.17, 15) is 28.4 Å². The van der Waals surface area contributed by atoms with Gasteiger partial charge >= 0.3 is 23.6 Å². The van der Waals surface area contributed by atoms with E-state index >= 15 is 0 Å². The van der Waals surface area contributed by atoms with E-state index < -0.39 is 59.5 Å². The molecule has 0 saturated carbocycles. The molecule has 1 saturated heterocycles. The number of nitrogens with zero attached hydrogens (tertiary/aromatic N) is 1. The van der Waals surface area contributed by atoms with Gasteiger partial charge in [0.15, 0.2) is 24.5 Å². The van der Waals surface area contributed by atoms with Gasteiger partial charge in [0.2, 0.25) is 5.82 Å². The van der Waals surface area contributed by atoms with Crippen LogP contribution in [0.4, 0.5) is 4.39 Å². The molecule has 12 heteroatoms. The van der Waals surface area contributed by atoms with E-state index in [1.54, 1.807) is 4.98 Å². The van der Waals surface area contributed by atoms with Gasteiger partial charge in [-0.25, -0.2) is 4.79 Å². The van der Waals surface area contributed by atoms with Gasteiger partial charge in [-0.1, -0.05) is 0 Å². The third-order valence-electron chi connectivity index (χ3n) is 3.52. The van der Waals surface area contributed by atoms with Crippen LogP contribution in [0.5, 0.6) is 0 Å². The van der Waals surface area contributed by atoms with Crippen molar-refractivity contribution in [2.24, 2.45) is 0 Å². The monoisotopic (exact) mass is 388 g/mol. The van der Waals surface area contributed by atoms with Gasteiger partial charge in [-0.15, -0.1) is 0 Å². The van der Waals surface area contributed by atoms with Crippen LogP contribution in [0.2, 0.25) is 0 Å². The first-order chi connectivity index (χ1) is 12.6. The number of H-pyrrole nitrogens is 1. The van der Waals surface area contributed by atoms with Crippen molar-refractivity contribution >= 4 is 17.9 Å². The number of hydrogen-bond acceptors (Lipinski definition) is 9. The fourth-order valence-corrected chi connectivity index (χ4v) is 2.61. The van der Waals surface area contributed by atoms with Crippen LogP contribution < -0.4 is 11.2 Å². The molecule has 0 aromatic carbocycles. The van der Waals surface area contributed by atoms with Crippen molar-refractivity contribution in [2.75, 3.05) is 6.61 Å². The number of nitrogens with one attached hydrogen (secondary N) is 1. The molecule has 1 fully saturated rings. The van der Waals surface area contributed by atoms with Crippen molar-refractivity contribution in [1.82, 2.24) is 9.55 Å². The molecule has 1 aliphatic rings. The largest absolute Gasteiger partial charge is 0.456 e. The molecule has 1 aromatic heterocycles. The molecule has 0 bridgehead atoms. The quantitative estimate of drug-likeness (QED) is 0.507. The molecule has 1 unspecified atom stereocenters. The number of aromatic amines is 1. The van der Waals surface area contributed by atoms with E-state index in [1.807, 2.05) is 0 Å². The van der Waals surface area contributed by atoms with Crippen LogP contribution in [0.25, 0.3) is 0 Å². The van der Waals surface area contributed by atoms with Crippen LogP contribution in [-0.2, 0) is 33.3 Å². The maximum absolute atomic E-state index is 13.6. The summed E-state index contributed by atoms with van der Waals surface area (Å²) in [5.74, 6) is -3.61. The van der Waals surface area contributed by atoms with Crippen molar-refractivity contribution < 1.29 is 37.7 Å². The summed E-state index contributed by atoms with van der Waals surface area (Å²) >= 11 is 0. The molecule has 11 nitrogen and oxygen atoms in total. The Kier molecular flexibility index (Phi) is 6.10. The predicted molar refractivity (Wildman–Crippen MR) is 82.9 cm³/mol. The van der Waals surface area contributed by atoms with E-state index in [0.717, 1.165) is 20.8 Å². The van der Waals surface area contributed by atoms with Crippen LogP contribution in [0, 0.1) is 5.82 Å². The summed E-state index contributed by atoms with van der Waals surface area (Å²) in [6, 6.07) is 0. The van der Waals surface area contributed by atoms with Crippen LogP contribution in [0.1, 0.15) is 27.0 Å². The van der Waals surface area contributed by atoms with Gasteiger partial charge in [0.25, 0.3) is 5.56 Å². The summed E-state index contributed by atoms with van der Waals surface area (Å²) in [5.41, 5.74) is -2.29. The lowest BCUT2D eigenvalue weighted by molar-refractivity contribution is -0.240. The fraction of sp³-hybridized carbons (Fsp3) is 0.533. The molecule has 148 valence electrons. The van der Waals surface area contributed by atoms with E-state index in [2.05, 4.69) is 0 Å². The highest BCUT2D eigenvalue weighted by atomic mass is 19.1. The van der Waals surface area contributed by atoms with Crippen LogP contribution in [-0.4, -0.2) is 52.4 Å². The molecule has 1 N–H and O–H groups in total. The number of halogens is 1. The normalized spacial score (nSPS) is 24.7. The molecule has 0 aliphatic carbocycles. The smallest absolute Gasteiger partial charge is 0.330 e. The first-order valence-corrected chi connectivity index (χ1v) is 7.74. The number of ether oxygens (including phenoxy) is 4. The molecule has 0 amide bonds. The zero-order valence-electron chi connectivity index (χ0n) is 14.6. The average Bonchev–Trinajstić information content (AvgIpc) is 2.53. The van der Waals surface area contributed by atoms with Crippen molar-refractivity contribution in [1.29, 1.82) is 0 Å². The Labute approximate surface area is 151 Å². The molecular formula is C15H17FN2O9. The lowest BCUT2D eigenvalue weighted by atomic mass is 10.0. The predicted octanol–water partition coefficient (Wildman–Crippen LogP) is -1.00. The zero-order chi connectivity index (χ0) is 20.3. The maximum Gasteiger partial charge on any atom is 0.330 e. The standard InChI is InChI=1S/C15H17FN2O9/c1-6(19)25-10-5-24-14(18-4-9(16)13(22)17-15(18)23)12(27-8(3)21)11(10)26-7(2)20/h4,10-12,14H,5H2,1-3H3,(H,17,22,23)/t10-,11-,12-,14?/m1/s1. The lowest BCUT2D eigenvalue weighted by Gasteiger charge is -2.40. The Morgan fingerprint density at radius 1 is 1.07 bits per heavy atom. The Morgan fingerprint density at radius 2 is 1.63 bits per heavy atom. The number of rotatable bonds is 4.